The summed E-state index contributed by atoms with van der Waals surface area (Å²) < 4.78 is 30.4. The number of nitrogens with two attached hydrogens (primary N) is 1. The van der Waals surface area contributed by atoms with Gasteiger partial charge in [0, 0.05) is 7.11 Å². The number of sulfone groups is 1. The number of phenols is 1. The van der Waals surface area contributed by atoms with E-state index in [0.717, 1.165) is 6.42 Å². The quantitative estimate of drug-likeness (QED) is 0.658. The first kappa shape index (κ1) is 14.4. The van der Waals surface area contributed by atoms with Crippen LogP contribution in [0.1, 0.15) is 19.3 Å². The lowest BCUT2D eigenvalue weighted by molar-refractivity contribution is 0.111. The van der Waals surface area contributed by atoms with Crippen LogP contribution >= 0.6 is 11.6 Å². The van der Waals surface area contributed by atoms with Crippen molar-refractivity contribution in [3.63, 3.8) is 0 Å². The molecule has 2 unspecified atom stereocenters. The third-order valence-electron chi connectivity index (χ3n) is 3.49. The minimum Gasteiger partial charge on any atom is -0.504 e. The summed E-state index contributed by atoms with van der Waals surface area (Å²) in [5.74, 6) is -0.478. The van der Waals surface area contributed by atoms with Gasteiger partial charge in [0.25, 0.3) is 0 Å². The standard InChI is InChI=1S/C12H16ClNO4S/c1-18-9-3-2-4-10(9)19(16,17)12-7(13)5-6-8(14)11(12)15/h5-6,9-10,15H,2-4,14H2,1H3. The second-order valence-electron chi connectivity index (χ2n) is 4.60. The number of anilines is 1. The molecule has 0 heterocycles. The zero-order valence-electron chi connectivity index (χ0n) is 10.5. The molecule has 0 radical (unpaired) electrons. The molecule has 1 aliphatic rings. The van der Waals surface area contributed by atoms with Crippen LogP contribution in [0.4, 0.5) is 5.69 Å². The molecule has 3 N–H and O–H groups in total. The number of methoxy groups -OCH3 is 1. The molecule has 2 rings (SSSR count). The fraction of sp³-hybridized carbons (Fsp3) is 0.500. The number of hydrogen-bond donors (Lipinski definition) is 2. The largest absolute Gasteiger partial charge is 0.504 e. The molecule has 0 bridgehead atoms. The average Bonchev–Trinajstić information content (AvgIpc) is 2.83. The van der Waals surface area contributed by atoms with E-state index in [0.29, 0.717) is 12.8 Å². The van der Waals surface area contributed by atoms with E-state index in [9.17, 15) is 13.5 Å². The van der Waals surface area contributed by atoms with E-state index >= 15 is 0 Å². The molecular formula is C12H16ClNO4S. The van der Waals surface area contributed by atoms with Gasteiger partial charge in [-0.05, 0) is 31.4 Å². The van der Waals surface area contributed by atoms with Crippen LogP contribution in [-0.4, -0.2) is 32.0 Å². The Labute approximate surface area is 117 Å². The Morgan fingerprint density at radius 3 is 2.74 bits per heavy atom. The van der Waals surface area contributed by atoms with Crippen LogP contribution in [-0.2, 0) is 14.6 Å². The lowest BCUT2D eigenvalue weighted by atomic mass is 10.3. The van der Waals surface area contributed by atoms with E-state index in [2.05, 4.69) is 0 Å². The summed E-state index contributed by atoms with van der Waals surface area (Å²) in [4.78, 5) is -0.289. The first-order valence-electron chi connectivity index (χ1n) is 5.93. The van der Waals surface area contributed by atoms with Crippen LogP contribution < -0.4 is 5.73 Å². The topological polar surface area (TPSA) is 89.6 Å². The molecule has 7 heteroatoms. The smallest absolute Gasteiger partial charge is 0.188 e. The van der Waals surface area contributed by atoms with Gasteiger partial charge < -0.3 is 15.6 Å². The van der Waals surface area contributed by atoms with Gasteiger partial charge in [-0.2, -0.15) is 0 Å². The van der Waals surface area contributed by atoms with E-state index in [1.54, 1.807) is 0 Å². The molecule has 106 valence electrons. The fourth-order valence-corrected chi connectivity index (χ4v) is 5.13. The number of benzene rings is 1. The molecule has 1 fully saturated rings. The number of aromatic hydroxyl groups is 1. The summed E-state index contributed by atoms with van der Waals surface area (Å²) in [5, 5.41) is 9.19. The lowest BCUT2D eigenvalue weighted by Gasteiger charge is -2.20. The highest BCUT2D eigenvalue weighted by atomic mass is 35.5. The minimum absolute atomic E-state index is 0.00469. The molecule has 0 spiro atoms. The summed E-state index contributed by atoms with van der Waals surface area (Å²) in [6.07, 6.45) is 1.57. The maximum Gasteiger partial charge on any atom is 0.188 e. The van der Waals surface area contributed by atoms with Crippen molar-refractivity contribution in [2.45, 2.75) is 35.5 Å². The molecule has 1 aromatic carbocycles. The van der Waals surface area contributed by atoms with Crippen molar-refractivity contribution in [1.82, 2.24) is 0 Å². The first-order chi connectivity index (χ1) is 8.89. The Bertz CT molecular complexity index is 588. The third-order valence-corrected chi connectivity index (χ3v) is 6.24. The maximum atomic E-state index is 12.6. The number of nitrogen functional groups attached to an aromatic ring is 1. The summed E-state index contributed by atoms with van der Waals surface area (Å²) in [6, 6.07) is 2.75. The molecule has 1 saturated carbocycles. The number of rotatable bonds is 3. The highest BCUT2D eigenvalue weighted by Crippen LogP contribution is 2.41. The normalized spacial score (nSPS) is 23.7. The van der Waals surface area contributed by atoms with Crippen molar-refractivity contribution in [1.29, 1.82) is 0 Å². The second-order valence-corrected chi connectivity index (χ2v) is 7.11. The van der Waals surface area contributed by atoms with Gasteiger partial charge in [0.1, 0.15) is 4.90 Å². The lowest BCUT2D eigenvalue weighted by Crippen LogP contribution is -2.31. The van der Waals surface area contributed by atoms with Crippen LogP contribution in [0.25, 0.3) is 0 Å². The molecular weight excluding hydrogens is 290 g/mol. The van der Waals surface area contributed by atoms with Gasteiger partial charge in [-0.3, -0.25) is 0 Å². The zero-order valence-corrected chi connectivity index (χ0v) is 12.0. The van der Waals surface area contributed by atoms with Gasteiger partial charge in [-0.15, -0.1) is 0 Å². The molecule has 0 aliphatic heterocycles. The van der Waals surface area contributed by atoms with E-state index in [1.807, 2.05) is 0 Å². The van der Waals surface area contributed by atoms with Crippen LogP contribution in [0.15, 0.2) is 17.0 Å². The number of phenolic OH excluding ortho intramolecular Hbond substituents is 1. The van der Waals surface area contributed by atoms with Crippen LogP contribution in [0, 0.1) is 0 Å². The van der Waals surface area contributed by atoms with Crippen LogP contribution in [0.5, 0.6) is 5.75 Å². The minimum atomic E-state index is -3.77. The zero-order chi connectivity index (χ0) is 14.2. The molecule has 5 nitrogen and oxygen atoms in total. The van der Waals surface area contributed by atoms with Gasteiger partial charge >= 0.3 is 0 Å². The summed E-state index contributed by atoms with van der Waals surface area (Å²) in [7, 11) is -2.29. The van der Waals surface area contributed by atoms with Crippen molar-refractivity contribution < 1.29 is 18.3 Å². The molecule has 1 aromatic rings. The third kappa shape index (κ3) is 2.40. The van der Waals surface area contributed by atoms with Gasteiger partial charge in [0.2, 0.25) is 0 Å². The predicted octanol–water partition coefficient (Wildman–Crippen LogP) is 1.97. The number of ether oxygens (including phenoxy) is 1. The average molecular weight is 306 g/mol. The molecule has 0 saturated heterocycles. The molecule has 1 aliphatic carbocycles. The van der Waals surface area contributed by atoms with Gasteiger partial charge in [-0.1, -0.05) is 11.6 Å². The summed E-state index contributed by atoms with van der Waals surface area (Å²) in [6.45, 7) is 0. The molecule has 19 heavy (non-hydrogen) atoms. The predicted molar refractivity (Wildman–Crippen MR) is 73.2 cm³/mol. The molecule has 0 aromatic heterocycles. The summed E-state index contributed by atoms with van der Waals surface area (Å²) in [5.41, 5.74) is 5.54. The van der Waals surface area contributed by atoms with E-state index < -0.39 is 20.8 Å². The SMILES string of the molecule is COC1CCCC1S(=O)(=O)c1c(Cl)ccc(N)c1O. The van der Waals surface area contributed by atoms with Crippen LogP contribution in [0.3, 0.4) is 0 Å². The van der Waals surface area contributed by atoms with Crippen molar-refractivity contribution in [3.8, 4) is 5.75 Å². The van der Waals surface area contributed by atoms with Crippen molar-refractivity contribution >= 4 is 27.1 Å². The Kier molecular flexibility index (Phi) is 3.94. The Hall–Kier alpha value is -0.980. The molecule has 2 atom stereocenters. The fourth-order valence-electron chi connectivity index (χ4n) is 2.50. The Morgan fingerprint density at radius 1 is 1.42 bits per heavy atom. The summed E-state index contributed by atoms with van der Waals surface area (Å²) >= 11 is 5.92. The Balaban J connectivity index is 2.54. The highest BCUT2D eigenvalue weighted by Gasteiger charge is 2.41. The Morgan fingerprint density at radius 2 is 2.11 bits per heavy atom. The van der Waals surface area contributed by atoms with Crippen molar-refractivity contribution in [2.75, 3.05) is 12.8 Å². The second kappa shape index (κ2) is 5.19. The van der Waals surface area contributed by atoms with E-state index in [4.69, 9.17) is 22.1 Å². The van der Waals surface area contributed by atoms with Crippen molar-refractivity contribution in [3.05, 3.63) is 17.2 Å². The maximum absolute atomic E-state index is 12.6. The van der Waals surface area contributed by atoms with Gasteiger partial charge in [-0.25, -0.2) is 8.42 Å². The van der Waals surface area contributed by atoms with Gasteiger partial charge in [0.15, 0.2) is 15.6 Å². The van der Waals surface area contributed by atoms with E-state index in [1.165, 1.54) is 19.2 Å². The number of hydrogen-bond acceptors (Lipinski definition) is 5. The highest BCUT2D eigenvalue weighted by molar-refractivity contribution is 7.92. The first-order valence-corrected chi connectivity index (χ1v) is 7.85. The van der Waals surface area contributed by atoms with Crippen molar-refractivity contribution in [2.24, 2.45) is 0 Å². The number of halogens is 1. The monoisotopic (exact) mass is 305 g/mol. The van der Waals surface area contributed by atoms with Crippen LogP contribution in [0.2, 0.25) is 5.02 Å². The molecule has 0 amide bonds. The van der Waals surface area contributed by atoms with E-state index in [-0.39, 0.29) is 21.7 Å². The van der Waals surface area contributed by atoms with Gasteiger partial charge in [0.05, 0.1) is 22.1 Å².